The Balaban J connectivity index is 1.87. The highest BCUT2D eigenvalue weighted by Gasteiger charge is 2.34. The first-order chi connectivity index (χ1) is 15.1. The fourth-order valence-electron chi connectivity index (χ4n) is 3.30. The van der Waals surface area contributed by atoms with Crippen LogP contribution in [0.2, 0.25) is 0 Å². The van der Waals surface area contributed by atoms with Gasteiger partial charge in [-0.25, -0.2) is 22.2 Å². The molecule has 0 amide bonds. The van der Waals surface area contributed by atoms with Crippen LogP contribution in [0.4, 0.5) is 8.78 Å². The molecule has 0 aliphatic rings. The van der Waals surface area contributed by atoms with E-state index in [9.17, 15) is 26.8 Å². The number of fused-ring (bicyclic) bond motifs is 1. The number of ketones is 2. The number of rotatable bonds is 6. The Labute approximate surface area is 185 Å². The molecule has 4 aromatic rings. The third-order valence-electron chi connectivity index (χ3n) is 4.79. The standard InChI is InChI=1S/C22H13ClF2N2O4S/c23-32(30,31)18-11-13(8-9-15(18)25)21(29)19(20(28)12-4-3-5-14(24)10-12)22-26-16-6-1-2-7-17(16)27-22/h1-11,19H,(H,26,27). The Hall–Kier alpha value is -3.43. The summed E-state index contributed by atoms with van der Waals surface area (Å²) in [6.45, 7) is 0. The van der Waals surface area contributed by atoms with Crippen molar-refractivity contribution in [2.24, 2.45) is 0 Å². The average Bonchev–Trinajstić information content (AvgIpc) is 3.16. The van der Waals surface area contributed by atoms with Gasteiger partial charge in [-0.1, -0.05) is 24.3 Å². The first-order valence-electron chi connectivity index (χ1n) is 9.18. The summed E-state index contributed by atoms with van der Waals surface area (Å²) in [5.74, 6) is -5.05. The second-order valence-corrected chi connectivity index (χ2v) is 9.43. The van der Waals surface area contributed by atoms with E-state index in [1.165, 1.54) is 12.1 Å². The van der Waals surface area contributed by atoms with Gasteiger partial charge in [0.05, 0.1) is 11.0 Å². The Morgan fingerprint density at radius 2 is 1.59 bits per heavy atom. The number of aromatic amines is 1. The highest BCUT2D eigenvalue weighted by Crippen LogP contribution is 2.28. The molecule has 0 aliphatic carbocycles. The van der Waals surface area contributed by atoms with E-state index in [0.717, 1.165) is 30.3 Å². The third-order valence-corrected chi connectivity index (χ3v) is 6.13. The number of H-pyrrole nitrogens is 1. The summed E-state index contributed by atoms with van der Waals surface area (Å²) in [5.41, 5.74) is 0.669. The Morgan fingerprint density at radius 1 is 0.906 bits per heavy atom. The van der Waals surface area contributed by atoms with E-state index in [1.807, 2.05) is 0 Å². The number of hydrogen-bond donors (Lipinski definition) is 1. The number of carbonyl (C=O) groups excluding carboxylic acids is 2. The van der Waals surface area contributed by atoms with Crippen molar-refractivity contribution in [2.75, 3.05) is 0 Å². The van der Waals surface area contributed by atoms with Gasteiger partial charge in [0.1, 0.15) is 28.3 Å². The van der Waals surface area contributed by atoms with Gasteiger partial charge < -0.3 is 4.98 Å². The maximum Gasteiger partial charge on any atom is 0.264 e. The molecule has 0 radical (unpaired) electrons. The minimum atomic E-state index is -4.49. The number of nitrogens with zero attached hydrogens (tertiary/aromatic N) is 1. The predicted molar refractivity (Wildman–Crippen MR) is 113 cm³/mol. The summed E-state index contributed by atoms with van der Waals surface area (Å²) in [6, 6.07) is 14.2. The number of nitrogens with one attached hydrogen (secondary N) is 1. The van der Waals surface area contributed by atoms with Crippen LogP contribution in [-0.2, 0) is 9.05 Å². The third kappa shape index (κ3) is 4.17. The number of benzene rings is 3. The minimum absolute atomic E-state index is 0.0231. The number of hydrogen-bond acceptors (Lipinski definition) is 5. The number of imidazole rings is 1. The van der Waals surface area contributed by atoms with Crippen LogP contribution in [0.5, 0.6) is 0 Å². The molecule has 0 fully saturated rings. The van der Waals surface area contributed by atoms with E-state index in [1.54, 1.807) is 24.3 Å². The van der Waals surface area contributed by atoms with Crippen LogP contribution in [0, 0.1) is 11.6 Å². The van der Waals surface area contributed by atoms with Crippen molar-refractivity contribution in [3.05, 3.63) is 95.3 Å². The molecule has 0 spiro atoms. The largest absolute Gasteiger partial charge is 0.341 e. The molecule has 6 nitrogen and oxygen atoms in total. The van der Waals surface area contributed by atoms with Gasteiger partial charge in [0.2, 0.25) is 0 Å². The van der Waals surface area contributed by atoms with E-state index in [2.05, 4.69) is 9.97 Å². The number of para-hydroxylation sites is 2. The Bertz CT molecular complexity index is 1450. The lowest BCUT2D eigenvalue weighted by Crippen LogP contribution is -2.24. The summed E-state index contributed by atoms with van der Waals surface area (Å²) in [7, 11) is 0.769. The smallest absolute Gasteiger partial charge is 0.264 e. The first-order valence-corrected chi connectivity index (χ1v) is 11.5. The van der Waals surface area contributed by atoms with Gasteiger partial charge in [0, 0.05) is 21.8 Å². The zero-order valence-electron chi connectivity index (χ0n) is 16.1. The molecule has 10 heteroatoms. The van der Waals surface area contributed by atoms with E-state index in [-0.39, 0.29) is 17.0 Å². The molecule has 1 N–H and O–H groups in total. The molecule has 0 saturated carbocycles. The number of Topliss-reactive ketones (excluding diaryl/α,β-unsaturated/α-hetero) is 2. The molecule has 1 atom stereocenters. The van der Waals surface area contributed by atoms with Gasteiger partial charge in [-0.15, -0.1) is 0 Å². The van der Waals surface area contributed by atoms with Crippen LogP contribution in [0.1, 0.15) is 32.5 Å². The predicted octanol–water partition coefficient (Wildman–Crippen LogP) is 4.62. The molecule has 3 aromatic carbocycles. The second kappa shape index (κ2) is 8.25. The SMILES string of the molecule is O=C(c1cccc(F)c1)C(C(=O)c1ccc(F)c(S(=O)(=O)Cl)c1)c1nc2ccccc2[nH]1. The summed E-state index contributed by atoms with van der Waals surface area (Å²) in [4.78, 5) is 33.0. The van der Waals surface area contributed by atoms with Gasteiger partial charge in [0.15, 0.2) is 11.6 Å². The molecule has 0 aliphatic heterocycles. The van der Waals surface area contributed by atoms with E-state index in [0.29, 0.717) is 11.0 Å². The number of carbonyl (C=O) groups is 2. The first kappa shape index (κ1) is 21.8. The van der Waals surface area contributed by atoms with Crippen LogP contribution in [0.15, 0.2) is 71.6 Å². The number of aromatic nitrogens is 2. The lowest BCUT2D eigenvalue weighted by molar-refractivity contribution is 0.0856. The fourth-order valence-corrected chi connectivity index (χ4v) is 4.22. The van der Waals surface area contributed by atoms with Crippen LogP contribution >= 0.6 is 10.7 Å². The second-order valence-electron chi connectivity index (χ2n) is 6.89. The minimum Gasteiger partial charge on any atom is -0.341 e. The molecule has 0 saturated heterocycles. The van der Waals surface area contributed by atoms with Crippen molar-refractivity contribution < 1.29 is 26.8 Å². The monoisotopic (exact) mass is 474 g/mol. The van der Waals surface area contributed by atoms with Gasteiger partial charge >= 0.3 is 0 Å². The quantitative estimate of drug-likeness (QED) is 0.250. The number of halogens is 3. The lowest BCUT2D eigenvalue weighted by Gasteiger charge is -2.14. The van der Waals surface area contributed by atoms with Gasteiger partial charge in [-0.3, -0.25) is 9.59 Å². The molecule has 4 rings (SSSR count). The Morgan fingerprint density at radius 3 is 2.25 bits per heavy atom. The molecule has 0 bridgehead atoms. The highest BCUT2D eigenvalue weighted by atomic mass is 35.7. The lowest BCUT2D eigenvalue weighted by atomic mass is 9.89. The van der Waals surface area contributed by atoms with Crippen LogP contribution < -0.4 is 0 Å². The summed E-state index contributed by atoms with van der Waals surface area (Å²) >= 11 is 0. The molecular weight excluding hydrogens is 462 g/mol. The zero-order valence-corrected chi connectivity index (χ0v) is 17.6. The molecule has 32 heavy (non-hydrogen) atoms. The van der Waals surface area contributed by atoms with Crippen molar-refractivity contribution in [3.8, 4) is 0 Å². The highest BCUT2D eigenvalue weighted by molar-refractivity contribution is 8.13. The molecular formula is C22H13ClF2N2O4S. The Kier molecular flexibility index (Phi) is 5.62. The zero-order chi connectivity index (χ0) is 23.0. The topological polar surface area (TPSA) is 97.0 Å². The van der Waals surface area contributed by atoms with Gasteiger partial charge in [-0.05, 0) is 42.5 Å². The van der Waals surface area contributed by atoms with Gasteiger partial charge in [0.25, 0.3) is 9.05 Å². The molecule has 162 valence electrons. The van der Waals surface area contributed by atoms with E-state index in [4.69, 9.17) is 10.7 Å². The average molecular weight is 475 g/mol. The van der Waals surface area contributed by atoms with Crippen molar-refractivity contribution in [3.63, 3.8) is 0 Å². The van der Waals surface area contributed by atoms with Crippen LogP contribution in [0.25, 0.3) is 11.0 Å². The van der Waals surface area contributed by atoms with Crippen molar-refractivity contribution >= 4 is 42.3 Å². The molecule has 1 unspecified atom stereocenters. The van der Waals surface area contributed by atoms with E-state index < -0.39 is 43.1 Å². The molecule has 1 heterocycles. The van der Waals surface area contributed by atoms with Gasteiger partial charge in [-0.2, -0.15) is 0 Å². The maximum absolute atomic E-state index is 14.0. The van der Waals surface area contributed by atoms with Crippen molar-refractivity contribution in [1.29, 1.82) is 0 Å². The van der Waals surface area contributed by atoms with Crippen LogP contribution in [-0.4, -0.2) is 30.0 Å². The van der Waals surface area contributed by atoms with Crippen molar-refractivity contribution in [2.45, 2.75) is 10.8 Å². The fraction of sp³-hybridized carbons (Fsp3) is 0.0455. The summed E-state index contributed by atoms with van der Waals surface area (Å²) in [6.07, 6.45) is 0. The normalized spacial score (nSPS) is 12.6. The van der Waals surface area contributed by atoms with Crippen LogP contribution in [0.3, 0.4) is 0 Å². The summed E-state index contributed by atoms with van der Waals surface area (Å²) < 4.78 is 51.0. The van der Waals surface area contributed by atoms with Crippen molar-refractivity contribution in [1.82, 2.24) is 9.97 Å². The molecule has 1 aromatic heterocycles. The van der Waals surface area contributed by atoms with E-state index >= 15 is 0 Å². The summed E-state index contributed by atoms with van der Waals surface area (Å²) in [5, 5.41) is 0. The maximum atomic E-state index is 14.0.